The number of carbonyl (C=O) groups excluding carboxylic acids is 2. The van der Waals surface area contributed by atoms with E-state index in [2.05, 4.69) is 5.32 Å². The number of fused-ring (bicyclic) bond motifs is 1. The molecule has 10 heteroatoms. The van der Waals surface area contributed by atoms with Gasteiger partial charge in [-0.25, -0.2) is 14.2 Å². The van der Waals surface area contributed by atoms with E-state index in [0.717, 1.165) is 4.57 Å². The summed E-state index contributed by atoms with van der Waals surface area (Å²) in [5.74, 6) is -3.28. The number of carbonyl (C=O) groups is 3. The Labute approximate surface area is 181 Å². The molecule has 2 amide bonds. The van der Waals surface area contributed by atoms with Gasteiger partial charge in [-0.05, 0) is 17.7 Å². The number of benzene rings is 2. The van der Waals surface area contributed by atoms with Gasteiger partial charge in [-0.3, -0.25) is 19.0 Å². The lowest BCUT2D eigenvalue weighted by molar-refractivity contribution is -0.143. The number of aliphatic carboxylic acids is 1. The van der Waals surface area contributed by atoms with E-state index < -0.39 is 47.5 Å². The number of hydrogen-bond donors (Lipinski definition) is 3. The predicted octanol–water partition coefficient (Wildman–Crippen LogP) is -0.0712. The molecule has 10 nitrogen and oxygen atoms in total. The smallest absolute Gasteiger partial charge is 0.331 e. The Morgan fingerprint density at radius 3 is 2.28 bits per heavy atom. The van der Waals surface area contributed by atoms with Gasteiger partial charge in [-0.2, -0.15) is 0 Å². The minimum absolute atomic E-state index is 0.0525. The van der Waals surface area contributed by atoms with Crippen LogP contribution in [0.1, 0.15) is 18.0 Å². The van der Waals surface area contributed by atoms with Gasteiger partial charge >= 0.3 is 11.7 Å². The van der Waals surface area contributed by atoms with Crippen molar-refractivity contribution in [2.45, 2.75) is 24.9 Å². The van der Waals surface area contributed by atoms with E-state index in [0.29, 0.717) is 11.1 Å². The fourth-order valence-corrected chi connectivity index (χ4v) is 3.51. The number of nitrogens with one attached hydrogen (secondary N) is 1. The van der Waals surface area contributed by atoms with Crippen LogP contribution < -0.4 is 22.3 Å². The Bertz CT molecular complexity index is 1300. The molecule has 1 heterocycles. The van der Waals surface area contributed by atoms with Crippen LogP contribution >= 0.6 is 0 Å². The van der Waals surface area contributed by atoms with Crippen LogP contribution in [-0.2, 0) is 27.9 Å². The average Bonchev–Trinajstić information content (AvgIpc) is 2.76. The molecule has 2 atom stereocenters. The van der Waals surface area contributed by atoms with Gasteiger partial charge in [0.25, 0.3) is 5.56 Å². The quantitative estimate of drug-likeness (QED) is 0.447. The summed E-state index contributed by atoms with van der Waals surface area (Å²) < 4.78 is 2.06. The molecule has 32 heavy (non-hydrogen) atoms. The lowest BCUT2D eigenvalue weighted by Crippen LogP contribution is -2.51. The predicted molar refractivity (Wildman–Crippen MR) is 116 cm³/mol. The van der Waals surface area contributed by atoms with E-state index in [4.69, 9.17) is 5.73 Å². The zero-order valence-corrected chi connectivity index (χ0v) is 17.2. The third kappa shape index (κ3) is 4.59. The van der Waals surface area contributed by atoms with Gasteiger partial charge < -0.3 is 16.2 Å². The molecule has 0 fully saturated rings. The van der Waals surface area contributed by atoms with E-state index in [1.54, 1.807) is 48.5 Å². The summed E-state index contributed by atoms with van der Waals surface area (Å²) in [6.07, 6.45) is -0.688. The number of nitrogens with zero attached hydrogens (tertiary/aromatic N) is 2. The topological polar surface area (TPSA) is 153 Å². The maximum absolute atomic E-state index is 13.2. The summed E-state index contributed by atoms with van der Waals surface area (Å²) in [5.41, 5.74) is 4.72. The molecule has 0 spiro atoms. The van der Waals surface area contributed by atoms with Crippen molar-refractivity contribution in [3.05, 3.63) is 81.0 Å². The van der Waals surface area contributed by atoms with Crippen LogP contribution in [0.3, 0.4) is 0 Å². The number of aromatic nitrogens is 2. The van der Waals surface area contributed by atoms with Crippen molar-refractivity contribution < 1.29 is 19.5 Å². The maximum Gasteiger partial charge on any atom is 0.331 e. The molecule has 3 rings (SSSR count). The first-order valence-corrected chi connectivity index (χ1v) is 9.76. The van der Waals surface area contributed by atoms with Crippen LogP contribution in [0, 0.1) is 0 Å². The monoisotopic (exact) mass is 438 g/mol. The lowest BCUT2D eigenvalue weighted by atomic mass is 10.0. The molecule has 2 aromatic carbocycles. The van der Waals surface area contributed by atoms with Gasteiger partial charge in [0.05, 0.1) is 17.3 Å². The summed E-state index contributed by atoms with van der Waals surface area (Å²) in [6, 6.07) is 12.2. The van der Waals surface area contributed by atoms with Crippen molar-refractivity contribution in [2.75, 3.05) is 0 Å². The molecule has 0 saturated heterocycles. The van der Waals surface area contributed by atoms with Gasteiger partial charge in [0.1, 0.15) is 12.1 Å². The molecule has 0 aliphatic rings. The number of carboxylic acids is 1. The van der Waals surface area contributed by atoms with E-state index in [9.17, 15) is 29.1 Å². The van der Waals surface area contributed by atoms with Gasteiger partial charge in [-0.1, -0.05) is 42.5 Å². The standard InChI is InChI=1S/C22H22N4O6/c1-25-16-10-6-5-9-14(16)20(29)26(22(25)32)17(11-13-7-3-2-4-8-13)19(28)24-15(21(30)31)12-18(23)27/h2-10,15,17H,11-12H2,1H3,(H2,23,27)(H,24,28)(H,30,31)/t15-,17+/m1/s1. The number of aryl methyl sites for hydroxylation is 1. The van der Waals surface area contributed by atoms with Crippen molar-refractivity contribution in [3.8, 4) is 0 Å². The molecule has 0 bridgehead atoms. The second-order valence-electron chi connectivity index (χ2n) is 7.31. The molecule has 0 aliphatic carbocycles. The Kier molecular flexibility index (Phi) is 6.53. The molecule has 3 aromatic rings. The summed E-state index contributed by atoms with van der Waals surface area (Å²) >= 11 is 0. The fourth-order valence-electron chi connectivity index (χ4n) is 3.51. The number of rotatable bonds is 8. The second-order valence-corrected chi connectivity index (χ2v) is 7.31. The first-order valence-electron chi connectivity index (χ1n) is 9.76. The fraction of sp³-hybridized carbons (Fsp3) is 0.227. The van der Waals surface area contributed by atoms with Gasteiger partial charge in [0, 0.05) is 13.5 Å². The van der Waals surface area contributed by atoms with E-state index in [-0.39, 0.29) is 11.8 Å². The van der Waals surface area contributed by atoms with Crippen molar-refractivity contribution in [2.24, 2.45) is 12.8 Å². The Hall–Kier alpha value is -4.21. The van der Waals surface area contributed by atoms with Crippen LogP contribution in [-0.4, -0.2) is 38.1 Å². The minimum Gasteiger partial charge on any atom is -0.480 e. The number of primary amides is 1. The normalized spacial score (nSPS) is 12.8. The molecule has 0 radical (unpaired) electrons. The highest BCUT2D eigenvalue weighted by atomic mass is 16.4. The lowest BCUT2D eigenvalue weighted by Gasteiger charge is -2.22. The van der Waals surface area contributed by atoms with Crippen LogP contribution in [0.4, 0.5) is 0 Å². The van der Waals surface area contributed by atoms with Crippen molar-refractivity contribution in [3.63, 3.8) is 0 Å². The van der Waals surface area contributed by atoms with Crippen LogP contribution in [0.5, 0.6) is 0 Å². The average molecular weight is 438 g/mol. The highest BCUT2D eigenvalue weighted by Crippen LogP contribution is 2.15. The number of nitrogens with two attached hydrogens (primary N) is 1. The summed E-state index contributed by atoms with van der Waals surface area (Å²) in [7, 11) is 1.48. The number of para-hydroxylation sites is 1. The third-order valence-corrected chi connectivity index (χ3v) is 5.11. The Balaban J connectivity index is 2.15. The largest absolute Gasteiger partial charge is 0.480 e. The zero-order chi connectivity index (χ0) is 23.4. The third-order valence-electron chi connectivity index (χ3n) is 5.11. The van der Waals surface area contributed by atoms with E-state index in [1.165, 1.54) is 17.7 Å². The molecule has 1 aromatic heterocycles. The van der Waals surface area contributed by atoms with Crippen molar-refractivity contribution >= 4 is 28.7 Å². The van der Waals surface area contributed by atoms with Crippen molar-refractivity contribution in [1.82, 2.24) is 14.5 Å². The van der Waals surface area contributed by atoms with E-state index >= 15 is 0 Å². The van der Waals surface area contributed by atoms with Crippen molar-refractivity contribution in [1.29, 1.82) is 0 Å². The number of carboxylic acid groups (broad SMARTS) is 1. The SMILES string of the molecule is Cn1c(=O)n([C@@H](Cc2ccccc2)C(=O)N[C@H](CC(N)=O)C(=O)O)c(=O)c2ccccc21. The Morgan fingerprint density at radius 1 is 1.03 bits per heavy atom. The van der Waals surface area contributed by atoms with Crippen LogP contribution in [0.25, 0.3) is 10.9 Å². The summed E-state index contributed by atoms with van der Waals surface area (Å²) in [6.45, 7) is 0. The summed E-state index contributed by atoms with van der Waals surface area (Å²) in [5, 5.41) is 11.8. The maximum atomic E-state index is 13.2. The molecule has 0 saturated carbocycles. The Morgan fingerprint density at radius 2 is 1.66 bits per heavy atom. The molecular weight excluding hydrogens is 416 g/mol. The molecule has 166 valence electrons. The zero-order valence-electron chi connectivity index (χ0n) is 17.2. The molecular formula is C22H22N4O6. The van der Waals surface area contributed by atoms with Gasteiger partial charge in [0.2, 0.25) is 11.8 Å². The molecule has 4 N–H and O–H groups in total. The van der Waals surface area contributed by atoms with Crippen LogP contribution in [0.15, 0.2) is 64.2 Å². The number of amides is 2. The first-order chi connectivity index (χ1) is 15.2. The van der Waals surface area contributed by atoms with Gasteiger partial charge in [-0.15, -0.1) is 0 Å². The summed E-state index contributed by atoms with van der Waals surface area (Å²) in [4.78, 5) is 62.2. The van der Waals surface area contributed by atoms with Crippen LogP contribution in [0.2, 0.25) is 0 Å². The second kappa shape index (κ2) is 9.29. The molecule has 0 aliphatic heterocycles. The number of hydrogen-bond acceptors (Lipinski definition) is 5. The minimum atomic E-state index is -1.60. The highest BCUT2D eigenvalue weighted by molar-refractivity contribution is 5.90. The highest BCUT2D eigenvalue weighted by Gasteiger charge is 2.30. The first kappa shape index (κ1) is 22.5. The molecule has 0 unspecified atom stereocenters. The van der Waals surface area contributed by atoms with Gasteiger partial charge in [0.15, 0.2) is 0 Å². The van der Waals surface area contributed by atoms with E-state index in [1.807, 2.05) is 0 Å².